The van der Waals surface area contributed by atoms with Crippen LogP contribution in [0.4, 0.5) is 0 Å². The van der Waals surface area contributed by atoms with Gasteiger partial charge in [0.05, 0.1) is 0 Å². The highest BCUT2D eigenvalue weighted by molar-refractivity contribution is 8.13. The number of hydrogen-bond donors (Lipinski definition) is 1. The summed E-state index contributed by atoms with van der Waals surface area (Å²) in [6.45, 7) is 1.96. The van der Waals surface area contributed by atoms with E-state index in [1.165, 1.54) is 0 Å². The van der Waals surface area contributed by atoms with Crippen molar-refractivity contribution in [1.82, 2.24) is 4.98 Å². The van der Waals surface area contributed by atoms with Gasteiger partial charge in [0.25, 0.3) is 0 Å². The van der Waals surface area contributed by atoms with Crippen LogP contribution in [0.25, 0.3) is 0 Å². The van der Waals surface area contributed by atoms with Gasteiger partial charge in [0.2, 0.25) is 0 Å². The van der Waals surface area contributed by atoms with E-state index in [2.05, 4.69) is 9.98 Å². The molecule has 1 aromatic heterocycles. The van der Waals surface area contributed by atoms with E-state index in [-0.39, 0.29) is 10.2 Å². The summed E-state index contributed by atoms with van der Waals surface area (Å²) >= 11 is 5.08. The number of nitrogens with zero attached hydrogens (tertiary/aromatic N) is 2. The average Bonchev–Trinajstić information content (AvgIpc) is 2.48. The second-order valence-corrected chi connectivity index (χ2v) is 6.12. The van der Waals surface area contributed by atoms with Crippen molar-refractivity contribution in [3.63, 3.8) is 0 Å². The van der Waals surface area contributed by atoms with E-state index in [1.807, 2.05) is 19.1 Å². The number of amidine groups is 1. The molecule has 1 aromatic carbocycles. The van der Waals surface area contributed by atoms with E-state index in [4.69, 9.17) is 18.0 Å². The van der Waals surface area contributed by atoms with Crippen LogP contribution in [0.5, 0.6) is 0 Å². The van der Waals surface area contributed by atoms with E-state index in [1.54, 1.807) is 36.7 Å². The van der Waals surface area contributed by atoms with Gasteiger partial charge in [-0.25, -0.2) is 9.20 Å². The zero-order chi connectivity index (χ0) is 14.5. The quantitative estimate of drug-likeness (QED) is 0.524. The molecule has 0 aliphatic carbocycles. The standard InChI is InChI=1S/C14H13N3OS2/c1-10-2-4-12(5-3-10)20(18)14(19)17-13(15)11-6-8-16-9-7-11/h2-9H,1H3,(H2,15,17,19). The van der Waals surface area contributed by atoms with Gasteiger partial charge in [0.15, 0.2) is 4.32 Å². The predicted octanol–water partition coefficient (Wildman–Crippen LogP) is 2.19. The molecule has 6 heteroatoms. The third-order valence-corrected chi connectivity index (χ3v) is 4.24. The zero-order valence-electron chi connectivity index (χ0n) is 10.8. The highest BCUT2D eigenvalue weighted by Gasteiger charge is 2.10. The molecule has 0 radical (unpaired) electrons. The van der Waals surface area contributed by atoms with Crippen molar-refractivity contribution in [2.24, 2.45) is 10.7 Å². The molecule has 1 heterocycles. The summed E-state index contributed by atoms with van der Waals surface area (Å²) in [4.78, 5) is 8.56. The van der Waals surface area contributed by atoms with Crippen molar-refractivity contribution in [3.05, 3.63) is 59.9 Å². The topological polar surface area (TPSA) is 68.3 Å². The highest BCUT2D eigenvalue weighted by atomic mass is 32.2. The summed E-state index contributed by atoms with van der Waals surface area (Å²) in [7, 11) is -1.48. The molecule has 0 saturated heterocycles. The summed E-state index contributed by atoms with van der Waals surface area (Å²) in [5.41, 5.74) is 7.63. The molecule has 2 aromatic rings. The Morgan fingerprint density at radius 1 is 1.20 bits per heavy atom. The first-order valence-electron chi connectivity index (χ1n) is 5.85. The Kier molecular flexibility index (Phi) is 4.70. The van der Waals surface area contributed by atoms with Gasteiger partial charge in [0, 0.05) is 22.9 Å². The van der Waals surface area contributed by atoms with Gasteiger partial charge in [-0.15, -0.1) is 0 Å². The zero-order valence-corrected chi connectivity index (χ0v) is 12.4. The van der Waals surface area contributed by atoms with E-state index >= 15 is 0 Å². The van der Waals surface area contributed by atoms with Gasteiger partial charge in [-0.3, -0.25) is 4.98 Å². The third-order valence-electron chi connectivity index (χ3n) is 2.58. The minimum absolute atomic E-state index is 0.0585. The fourth-order valence-electron chi connectivity index (χ4n) is 1.49. The molecular weight excluding hydrogens is 290 g/mol. The van der Waals surface area contributed by atoms with Crippen molar-refractivity contribution >= 4 is 33.2 Å². The van der Waals surface area contributed by atoms with Gasteiger partial charge < -0.3 is 5.73 Å². The van der Waals surface area contributed by atoms with Gasteiger partial charge in [0.1, 0.15) is 16.6 Å². The lowest BCUT2D eigenvalue weighted by molar-refractivity contribution is 0.690. The van der Waals surface area contributed by atoms with Crippen molar-refractivity contribution in [2.75, 3.05) is 0 Å². The first kappa shape index (κ1) is 14.5. The minimum Gasteiger partial charge on any atom is -0.383 e. The Morgan fingerprint density at radius 2 is 1.80 bits per heavy atom. The maximum Gasteiger partial charge on any atom is 0.197 e. The average molecular weight is 303 g/mol. The molecule has 0 fully saturated rings. The van der Waals surface area contributed by atoms with Crippen LogP contribution in [0.15, 0.2) is 58.7 Å². The van der Waals surface area contributed by atoms with Gasteiger partial charge >= 0.3 is 0 Å². The Bertz CT molecular complexity index is 667. The molecule has 0 bridgehead atoms. The summed E-state index contributed by atoms with van der Waals surface area (Å²) in [6.07, 6.45) is 3.22. The largest absolute Gasteiger partial charge is 0.383 e. The monoisotopic (exact) mass is 303 g/mol. The van der Waals surface area contributed by atoms with Crippen LogP contribution in [0, 0.1) is 6.92 Å². The summed E-state index contributed by atoms with van der Waals surface area (Å²) in [5, 5.41) is 0. The predicted molar refractivity (Wildman–Crippen MR) is 85.1 cm³/mol. The number of thiocarbonyl (C=S) groups is 1. The summed E-state index contributed by atoms with van der Waals surface area (Å²) in [6, 6.07) is 10.7. The summed E-state index contributed by atoms with van der Waals surface area (Å²) < 4.78 is 12.3. The Labute approximate surface area is 125 Å². The SMILES string of the molecule is Cc1ccc(S(=O)C(=S)/N=C(\N)c2ccncc2)cc1. The smallest absolute Gasteiger partial charge is 0.197 e. The van der Waals surface area contributed by atoms with E-state index in [0.29, 0.717) is 10.5 Å². The number of nitrogens with two attached hydrogens (primary N) is 1. The number of pyridine rings is 1. The second kappa shape index (κ2) is 6.49. The number of hydrogen-bond acceptors (Lipinski definition) is 3. The molecule has 2 rings (SSSR count). The van der Waals surface area contributed by atoms with Crippen LogP contribution in [0.2, 0.25) is 0 Å². The first-order chi connectivity index (χ1) is 9.58. The number of benzene rings is 1. The fraction of sp³-hybridized carbons (Fsp3) is 0.0714. The van der Waals surface area contributed by atoms with Gasteiger partial charge in [-0.05, 0) is 43.4 Å². The maximum absolute atomic E-state index is 12.2. The lowest BCUT2D eigenvalue weighted by Crippen LogP contribution is -2.16. The van der Waals surface area contributed by atoms with Crippen LogP contribution in [0.3, 0.4) is 0 Å². The number of rotatable bonds is 2. The van der Waals surface area contributed by atoms with Crippen molar-refractivity contribution in [1.29, 1.82) is 0 Å². The molecule has 0 aliphatic rings. The minimum atomic E-state index is -1.48. The third kappa shape index (κ3) is 3.55. The van der Waals surface area contributed by atoms with Gasteiger partial charge in [-0.2, -0.15) is 0 Å². The van der Waals surface area contributed by atoms with Crippen LogP contribution < -0.4 is 5.73 Å². The van der Waals surface area contributed by atoms with E-state index in [0.717, 1.165) is 5.56 Å². The molecule has 0 spiro atoms. The molecule has 0 amide bonds. The Hall–Kier alpha value is -1.92. The molecular formula is C14H13N3OS2. The first-order valence-corrected chi connectivity index (χ1v) is 7.40. The van der Waals surface area contributed by atoms with Crippen molar-refractivity contribution < 1.29 is 4.21 Å². The Balaban J connectivity index is 2.19. The van der Waals surface area contributed by atoms with Crippen LogP contribution in [-0.2, 0) is 10.8 Å². The molecule has 1 atom stereocenters. The van der Waals surface area contributed by atoms with Crippen LogP contribution in [0.1, 0.15) is 11.1 Å². The number of aromatic nitrogens is 1. The normalized spacial score (nSPS) is 12.9. The molecule has 1 unspecified atom stereocenters. The lowest BCUT2D eigenvalue weighted by atomic mass is 10.2. The molecule has 0 saturated carbocycles. The van der Waals surface area contributed by atoms with Crippen molar-refractivity contribution in [2.45, 2.75) is 11.8 Å². The summed E-state index contributed by atoms with van der Waals surface area (Å²) in [5.74, 6) is 0.234. The number of aryl methyl sites for hydroxylation is 1. The Morgan fingerprint density at radius 3 is 2.40 bits per heavy atom. The maximum atomic E-state index is 12.2. The molecule has 102 valence electrons. The molecule has 20 heavy (non-hydrogen) atoms. The highest BCUT2D eigenvalue weighted by Crippen LogP contribution is 2.11. The molecule has 4 nitrogen and oxygen atoms in total. The van der Waals surface area contributed by atoms with E-state index in [9.17, 15) is 4.21 Å². The van der Waals surface area contributed by atoms with Crippen LogP contribution in [-0.4, -0.2) is 19.3 Å². The fourth-order valence-corrected chi connectivity index (χ4v) is 2.64. The van der Waals surface area contributed by atoms with E-state index < -0.39 is 10.8 Å². The van der Waals surface area contributed by atoms with Crippen molar-refractivity contribution in [3.8, 4) is 0 Å². The van der Waals surface area contributed by atoms with Crippen LogP contribution >= 0.6 is 12.2 Å². The van der Waals surface area contributed by atoms with Gasteiger partial charge in [-0.1, -0.05) is 17.7 Å². The molecule has 2 N–H and O–H groups in total. The molecule has 0 aliphatic heterocycles. The second-order valence-electron chi connectivity index (χ2n) is 4.08. The number of aliphatic imine (C=N–C) groups is 1. The lowest BCUT2D eigenvalue weighted by Gasteiger charge is -2.03.